The first-order chi connectivity index (χ1) is 36.6. The SMILES string of the molecule is C=CC[C@H]1OC(COCc2ccccc2)[C@@H](C)[C@H](C)C1OCc1ccccc1.CC=C[C@H]1OC(COCc2ccccc2)[C@@H](C)[C@H](C)C1OCc1ccccc1.N#Cc1ccccc1.N#Cc1ccccc1.[Cl][Pd][Cl]. The minimum atomic E-state index is -0.106. The van der Waals surface area contributed by atoms with Crippen LogP contribution in [0.1, 0.15) is 74.4 Å². The first kappa shape index (κ1) is 62.3. The van der Waals surface area contributed by atoms with Gasteiger partial charge in [0.05, 0.1) is 93.4 Å². The van der Waals surface area contributed by atoms with Crippen LogP contribution < -0.4 is 0 Å². The third-order valence-corrected chi connectivity index (χ3v) is 13.2. The summed E-state index contributed by atoms with van der Waals surface area (Å²) in [5, 5.41) is 16.6. The molecule has 8 rings (SSSR count). The van der Waals surface area contributed by atoms with Crippen LogP contribution in [0.2, 0.25) is 0 Å². The summed E-state index contributed by atoms with van der Waals surface area (Å²) in [4.78, 5) is 0. The Hall–Kier alpha value is -5.22. The van der Waals surface area contributed by atoms with E-state index < -0.39 is 0 Å². The molecule has 0 radical (unpaired) electrons. The summed E-state index contributed by atoms with van der Waals surface area (Å²) in [6.07, 6.45) is 7.06. The zero-order chi connectivity index (χ0) is 53.9. The maximum atomic E-state index is 8.29. The van der Waals surface area contributed by atoms with Crippen molar-refractivity contribution in [3.05, 3.63) is 240 Å². The number of hydrogen-bond acceptors (Lipinski definition) is 8. The molecular formula is C64H74Cl2N2O6Pd. The van der Waals surface area contributed by atoms with Crippen molar-refractivity contribution in [3.63, 3.8) is 0 Å². The van der Waals surface area contributed by atoms with E-state index in [4.69, 9.17) is 58.0 Å². The van der Waals surface area contributed by atoms with Crippen molar-refractivity contribution in [2.45, 2.75) is 104 Å². The molecule has 8 nitrogen and oxygen atoms in total. The van der Waals surface area contributed by atoms with Crippen molar-refractivity contribution < 1.29 is 44.4 Å². The van der Waals surface area contributed by atoms with Crippen LogP contribution in [0.4, 0.5) is 0 Å². The van der Waals surface area contributed by atoms with Gasteiger partial charge in [-0.15, -0.1) is 6.58 Å². The third-order valence-electron chi connectivity index (χ3n) is 13.2. The van der Waals surface area contributed by atoms with Gasteiger partial charge >= 0.3 is 35.0 Å². The molecule has 11 heteroatoms. The van der Waals surface area contributed by atoms with Crippen LogP contribution in [0.15, 0.2) is 207 Å². The first-order valence-electron chi connectivity index (χ1n) is 25.5. The minimum absolute atomic E-state index is 0.0118. The fourth-order valence-corrected chi connectivity index (χ4v) is 8.62. The van der Waals surface area contributed by atoms with Gasteiger partial charge in [-0.2, -0.15) is 10.5 Å². The van der Waals surface area contributed by atoms with Crippen LogP contribution in [-0.2, 0) is 70.8 Å². The fraction of sp³-hybridized carbons (Fsp3) is 0.344. The van der Waals surface area contributed by atoms with Crippen molar-refractivity contribution in [2.24, 2.45) is 23.7 Å². The summed E-state index contributed by atoms with van der Waals surface area (Å²) in [5.41, 5.74) is 6.18. The van der Waals surface area contributed by atoms with Gasteiger partial charge in [0.2, 0.25) is 0 Å². The molecule has 6 aromatic carbocycles. The quantitative estimate of drug-likeness (QED) is 0.0657. The molecule has 75 heavy (non-hydrogen) atoms. The Morgan fingerprint density at radius 3 is 1.17 bits per heavy atom. The van der Waals surface area contributed by atoms with E-state index >= 15 is 0 Å². The van der Waals surface area contributed by atoms with Gasteiger partial charge in [-0.05, 0) is 83.5 Å². The molecule has 0 bridgehead atoms. The molecule has 0 saturated carbocycles. The molecule has 2 fully saturated rings. The molecule has 0 aromatic heterocycles. The molecule has 0 N–H and O–H groups in total. The van der Waals surface area contributed by atoms with Gasteiger partial charge in [-0.1, -0.05) is 204 Å². The zero-order valence-electron chi connectivity index (χ0n) is 43.9. The third kappa shape index (κ3) is 23.3. The van der Waals surface area contributed by atoms with Crippen LogP contribution in [0, 0.1) is 46.3 Å². The Morgan fingerprint density at radius 2 is 0.827 bits per heavy atom. The summed E-state index contributed by atoms with van der Waals surface area (Å²) in [5.74, 6) is 1.48. The summed E-state index contributed by atoms with van der Waals surface area (Å²) in [6, 6.07) is 63.5. The van der Waals surface area contributed by atoms with Crippen LogP contribution >= 0.6 is 19.1 Å². The number of rotatable bonds is 17. The van der Waals surface area contributed by atoms with E-state index in [1.807, 2.05) is 140 Å². The van der Waals surface area contributed by atoms with E-state index in [0.717, 1.165) is 6.42 Å². The number of allylic oxidation sites excluding steroid dienone is 1. The van der Waals surface area contributed by atoms with Crippen molar-refractivity contribution >= 4 is 19.1 Å². The second-order valence-corrected chi connectivity index (χ2v) is 20.7. The van der Waals surface area contributed by atoms with E-state index in [9.17, 15) is 0 Å². The van der Waals surface area contributed by atoms with Crippen LogP contribution in [0.25, 0.3) is 0 Å². The van der Waals surface area contributed by atoms with Gasteiger partial charge in [-0.25, -0.2) is 0 Å². The van der Waals surface area contributed by atoms with Gasteiger partial charge in [0.1, 0.15) is 6.10 Å². The number of nitrogens with zero attached hydrogens (tertiary/aromatic N) is 2. The van der Waals surface area contributed by atoms with E-state index in [2.05, 4.69) is 88.9 Å². The summed E-state index contributed by atoms with van der Waals surface area (Å²) < 4.78 is 37.4. The zero-order valence-corrected chi connectivity index (χ0v) is 47.0. The van der Waals surface area contributed by atoms with Gasteiger partial charge in [0.25, 0.3) is 0 Å². The Kier molecular flexibility index (Phi) is 31.2. The van der Waals surface area contributed by atoms with Crippen molar-refractivity contribution in [3.8, 4) is 12.1 Å². The average Bonchev–Trinajstić information content (AvgIpc) is 3.45. The topological polar surface area (TPSA) is 103 Å². The van der Waals surface area contributed by atoms with E-state index in [1.165, 1.54) is 22.3 Å². The summed E-state index contributed by atoms with van der Waals surface area (Å²) in [7, 11) is 9.63. The molecule has 400 valence electrons. The number of nitriles is 2. The van der Waals surface area contributed by atoms with Crippen molar-refractivity contribution in [1.82, 2.24) is 0 Å². The summed E-state index contributed by atoms with van der Waals surface area (Å²) >= 11 is -0.106. The number of hydrogen-bond donors (Lipinski definition) is 0. The molecule has 0 spiro atoms. The monoisotopic (exact) mass is 1140 g/mol. The number of halogens is 2. The van der Waals surface area contributed by atoms with Gasteiger partial charge in [-0.3, -0.25) is 0 Å². The van der Waals surface area contributed by atoms with Gasteiger partial charge in [0, 0.05) is 0 Å². The molecule has 0 amide bonds. The van der Waals surface area contributed by atoms with E-state index in [0.29, 0.717) is 74.4 Å². The molecule has 2 aliphatic rings. The maximum absolute atomic E-state index is 8.29. The Morgan fingerprint density at radius 1 is 0.493 bits per heavy atom. The molecule has 2 heterocycles. The molecule has 0 aliphatic carbocycles. The molecule has 2 saturated heterocycles. The van der Waals surface area contributed by atoms with E-state index in [1.54, 1.807) is 24.3 Å². The molecule has 4 unspecified atom stereocenters. The Labute approximate surface area is 464 Å². The fourth-order valence-electron chi connectivity index (χ4n) is 8.62. The standard InChI is InChI=1S/2C25H32O3.2C7H5N.2ClH.Pd/c2*1-4-11-23-25(27-17-22-14-9-6-10-15-22)20(3)19(2)24(28-23)18-26-16-21-12-7-5-8-13-21;2*8-6-7-4-2-1-3-5-7;;;/h4-15,19-20,23-25H,16-18H2,1-3H3;4-10,12-15,19-20,23-25H,1,11,16-18H2,2-3H3;2*1-5H;2*1H;/q;;;;;;+2/p-2/t2*19-,20-,23+,24?,25?;;;;;/m00...../s1. The van der Waals surface area contributed by atoms with E-state index in [-0.39, 0.29) is 52.6 Å². The predicted molar refractivity (Wildman–Crippen MR) is 300 cm³/mol. The number of ether oxygens (including phenoxy) is 6. The van der Waals surface area contributed by atoms with Crippen molar-refractivity contribution in [2.75, 3.05) is 13.2 Å². The van der Waals surface area contributed by atoms with Crippen molar-refractivity contribution in [1.29, 1.82) is 10.5 Å². The molecule has 6 aromatic rings. The normalized spacial score (nSPS) is 22.6. The number of benzene rings is 6. The Balaban J connectivity index is 0.000000241. The average molecular weight is 1140 g/mol. The second kappa shape index (κ2) is 37.5. The Bertz CT molecular complexity index is 2450. The van der Waals surface area contributed by atoms with Crippen LogP contribution in [0.5, 0.6) is 0 Å². The molecule has 2 aliphatic heterocycles. The summed E-state index contributed by atoms with van der Waals surface area (Å²) in [6.45, 7) is 18.6. The van der Waals surface area contributed by atoms with Crippen LogP contribution in [-0.4, -0.2) is 49.8 Å². The predicted octanol–water partition coefficient (Wildman–Crippen LogP) is 15.3. The molecular weight excluding hydrogens is 1070 g/mol. The van der Waals surface area contributed by atoms with Gasteiger partial charge in [0.15, 0.2) is 0 Å². The second-order valence-electron chi connectivity index (χ2n) is 18.4. The molecule has 10 atom stereocenters. The van der Waals surface area contributed by atoms with Gasteiger partial charge < -0.3 is 28.4 Å². The first-order valence-corrected chi connectivity index (χ1v) is 29.5. The van der Waals surface area contributed by atoms with Crippen LogP contribution in [0.3, 0.4) is 0 Å².